The first-order valence-corrected chi connectivity index (χ1v) is 9.13. The van der Waals surface area contributed by atoms with E-state index in [0.29, 0.717) is 12.2 Å². The molecule has 0 atom stereocenters. The number of carbonyl (C=O) groups is 1. The lowest BCUT2D eigenvalue weighted by Gasteiger charge is -1.99. The normalized spacial score (nSPS) is 11.7. The van der Waals surface area contributed by atoms with Gasteiger partial charge in [0.05, 0.1) is 0 Å². The van der Waals surface area contributed by atoms with Gasteiger partial charge in [-0.1, -0.05) is 70.3 Å². The molecule has 0 amide bonds. The Morgan fingerprint density at radius 3 is 1.90 bits per heavy atom. The zero-order chi connectivity index (χ0) is 15.6. The summed E-state index contributed by atoms with van der Waals surface area (Å²) in [7, 11) is 0. The van der Waals surface area contributed by atoms with Crippen molar-refractivity contribution in [3.05, 3.63) is 24.3 Å². The Bertz CT molecular complexity index is 276. The molecule has 0 fully saturated rings. The highest BCUT2D eigenvalue weighted by Crippen LogP contribution is 2.08. The number of hydrogen-bond acceptors (Lipinski definition) is 1. The van der Waals surface area contributed by atoms with E-state index in [2.05, 4.69) is 31.2 Å². The van der Waals surface area contributed by atoms with Crippen LogP contribution in [-0.2, 0) is 4.79 Å². The molecular formula is C20H36O. The van der Waals surface area contributed by atoms with E-state index in [1.165, 1.54) is 57.8 Å². The van der Waals surface area contributed by atoms with E-state index in [-0.39, 0.29) is 0 Å². The van der Waals surface area contributed by atoms with Gasteiger partial charge in [-0.15, -0.1) is 0 Å². The summed E-state index contributed by atoms with van der Waals surface area (Å²) in [5.41, 5.74) is 0. The van der Waals surface area contributed by atoms with Crippen LogP contribution in [0.3, 0.4) is 0 Å². The highest BCUT2D eigenvalue weighted by atomic mass is 16.1. The molecule has 0 spiro atoms. The fourth-order valence-corrected chi connectivity index (χ4v) is 2.31. The molecular weight excluding hydrogens is 256 g/mol. The predicted octanol–water partition coefficient (Wildman–Crippen LogP) is 6.78. The number of rotatable bonds is 15. The molecule has 0 unspecified atom stereocenters. The third-order valence-electron chi connectivity index (χ3n) is 3.80. The molecule has 0 bridgehead atoms. The minimum Gasteiger partial charge on any atom is -0.300 e. The molecule has 0 aromatic rings. The largest absolute Gasteiger partial charge is 0.300 e. The maximum Gasteiger partial charge on any atom is 0.132 e. The molecule has 0 N–H and O–H groups in total. The van der Waals surface area contributed by atoms with E-state index in [4.69, 9.17) is 0 Å². The van der Waals surface area contributed by atoms with Gasteiger partial charge in [-0.05, 0) is 38.5 Å². The fraction of sp³-hybridized carbons (Fsp3) is 0.750. The Morgan fingerprint density at radius 1 is 0.714 bits per heavy atom. The second kappa shape index (κ2) is 17.2. The zero-order valence-electron chi connectivity index (χ0n) is 14.4. The minimum atomic E-state index is 0.417. The molecule has 0 heterocycles. The molecule has 122 valence electrons. The molecule has 1 nitrogen and oxygen atoms in total. The standard InChI is InChI=1S/C20H36O/c1-3-5-6-7-8-9-10-11-12-13-14-15-16-17-18-19-20(21)4-2/h8-9,11-12H,3-7,10,13-19H2,1-2H3/b9-8+,12-11+. The van der Waals surface area contributed by atoms with Gasteiger partial charge in [0.15, 0.2) is 0 Å². The molecule has 0 aliphatic rings. The van der Waals surface area contributed by atoms with Crippen LogP contribution in [0, 0.1) is 0 Å². The van der Waals surface area contributed by atoms with Gasteiger partial charge in [0.1, 0.15) is 5.78 Å². The first-order valence-electron chi connectivity index (χ1n) is 9.13. The Labute approximate surface area is 132 Å². The van der Waals surface area contributed by atoms with E-state index in [9.17, 15) is 4.79 Å². The number of hydrogen-bond donors (Lipinski definition) is 0. The summed E-state index contributed by atoms with van der Waals surface area (Å²) in [4.78, 5) is 11.1. The second-order valence-electron chi connectivity index (χ2n) is 5.87. The number of allylic oxidation sites excluding steroid dienone is 4. The average molecular weight is 293 g/mol. The van der Waals surface area contributed by atoms with Crippen LogP contribution in [0.1, 0.15) is 97.3 Å². The summed E-state index contributed by atoms with van der Waals surface area (Å²) in [5, 5.41) is 0. The van der Waals surface area contributed by atoms with E-state index < -0.39 is 0 Å². The topological polar surface area (TPSA) is 17.1 Å². The SMILES string of the molecule is CCCCC/C=C/C/C=C/CCCCCCCC(=O)CC. The molecule has 0 radical (unpaired) electrons. The molecule has 0 aliphatic carbocycles. The number of ketones is 1. The van der Waals surface area contributed by atoms with Crippen molar-refractivity contribution < 1.29 is 4.79 Å². The van der Waals surface area contributed by atoms with Gasteiger partial charge in [-0.25, -0.2) is 0 Å². The molecule has 0 saturated heterocycles. The molecule has 21 heavy (non-hydrogen) atoms. The van der Waals surface area contributed by atoms with Gasteiger partial charge >= 0.3 is 0 Å². The second-order valence-corrected chi connectivity index (χ2v) is 5.87. The van der Waals surface area contributed by atoms with Crippen molar-refractivity contribution in [1.82, 2.24) is 0 Å². The first-order chi connectivity index (χ1) is 10.3. The van der Waals surface area contributed by atoms with Crippen LogP contribution in [0.25, 0.3) is 0 Å². The molecule has 1 heteroatoms. The fourth-order valence-electron chi connectivity index (χ4n) is 2.31. The summed E-state index contributed by atoms with van der Waals surface area (Å²) in [6.07, 6.45) is 24.4. The number of carbonyl (C=O) groups excluding carboxylic acids is 1. The first kappa shape index (κ1) is 20.1. The van der Waals surface area contributed by atoms with Crippen molar-refractivity contribution in [2.45, 2.75) is 97.3 Å². The van der Waals surface area contributed by atoms with E-state index in [1.54, 1.807) is 0 Å². The third kappa shape index (κ3) is 17.1. The summed E-state index contributed by atoms with van der Waals surface area (Å²) >= 11 is 0. The van der Waals surface area contributed by atoms with Gasteiger partial charge in [-0.2, -0.15) is 0 Å². The molecule has 0 aromatic carbocycles. The molecule has 0 aromatic heterocycles. The smallest absolute Gasteiger partial charge is 0.132 e. The van der Waals surface area contributed by atoms with Gasteiger partial charge in [0, 0.05) is 12.8 Å². The van der Waals surface area contributed by atoms with Crippen molar-refractivity contribution in [1.29, 1.82) is 0 Å². The van der Waals surface area contributed by atoms with Crippen LogP contribution in [0.15, 0.2) is 24.3 Å². The molecule has 0 rings (SSSR count). The number of unbranched alkanes of at least 4 members (excludes halogenated alkanes) is 8. The van der Waals surface area contributed by atoms with Crippen LogP contribution in [0.2, 0.25) is 0 Å². The molecule has 0 aliphatic heterocycles. The van der Waals surface area contributed by atoms with Crippen LogP contribution >= 0.6 is 0 Å². The van der Waals surface area contributed by atoms with E-state index in [0.717, 1.165) is 19.3 Å². The quantitative estimate of drug-likeness (QED) is 0.240. The van der Waals surface area contributed by atoms with Crippen molar-refractivity contribution >= 4 is 5.78 Å². The predicted molar refractivity (Wildman–Crippen MR) is 94.7 cm³/mol. The third-order valence-corrected chi connectivity index (χ3v) is 3.80. The maximum atomic E-state index is 11.1. The van der Waals surface area contributed by atoms with Gasteiger partial charge in [0.25, 0.3) is 0 Å². The summed E-state index contributed by atoms with van der Waals surface area (Å²) in [6.45, 7) is 4.20. The summed E-state index contributed by atoms with van der Waals surface area (Å²) in [6, 6.07) is 0. The van der Waals surface area contributed by atoms with Crippen LogP contribution in [-0.4, -0.2) is 5.78 Å². The highest BCUT2D eigenvalue weighted by Gasteiger charge is 1.97. The lowest BCUT2D eigenvalue weighted by Crippen LogP contribution is -1.93. The van der Waals surface area contributed by atoms with Crippen molar-refractivity contribution in [2.24, 2.45) is 0 Å². The Morgan fingerprint density at radius 2 is 1.29 bits per heavy atom. The Balaban J connectivity index is 3.20. The zero-order valence-corrected chi connectivity index (χ0v) is 14.4. The van der Waals surface area contributed by atoms with E-state index in [1.807, 2.05) is 6.92 Å². The maximum absolute atomic E-state index is 11.1. The van der Waals surface area contributed by atoms with Gasteiger partial charge in [-0.3, -0.25) is 4.79 Å². The Kier molecular flexibility index (Phi) is 16.5. The van der Waals surface area contributed by atoms with Gasteiger partial charge in [0.2, 0.25) is 0 Å². The minimum absolute atomic E-state index is 0.417. The lowest BCUT2D eigenvalue weighted by atomic mass is 10.1. The van der Waals surface area contributed by atoms with Gasteiger partial charge < -0.3 is 0 Å². The van der Waals surface area contributed by atoms with Crippen LogP contribution in [0.5, 0.6) is 0 Å². The summed E-state index contributed by atoms with van der Waals surface area (Å²) < 4.78 is 0. The van der Waals surface area contributed by atoms with Crippen LogP contribution < -0.4 is 0 Å². The number of Topliss-reactive ketones (excluding diaryl/α,β-unsaturated/α-hetero) is 1. The van der Waals surface area contributed by atoms with Crippen LogP contribution in [0.4, 0.5) is 0 Å². The Hall–Kier alpha value is -0.850. The van der Waals surface area contributed by atoms with Crippen molar-refractivity contribution in [2.75, 3.05) is 0 Å². The summed E-state index contributed by atoms with van der Waals surface area (Å²) in [5.74, 6) is 0.417. The molecule has 0 saturated carbocycles. The highest BCUT2D eigenvalue weighted by molar-refractivity contribution is 5.77. The van der Waals surface area contributed by atoms with Crippen molar-refractivity contribution in [3.8, 4) is 0 Å². The van der Waals surface area contributed by atoms with Crippen molar-refractivity contribution in [3.63, 3.8) is 0 Å². The average Bonchev–Trinajstić information content (AvgIpc) is 2.50. The van der Waals surface area contributed by atoms with E-state index >= 15 is 0 Å². The lowest BCUT2D eigenvalue weighted by molar-refractivity contribution is -0.118. The monoisotopic (exact) mass is 292 g/mol.